The number of aliphatic hydroxyl groups excluding tert-OH is 1. The van der Waals surface area contributed by atoms with Crippen molar-refractivity contribution in [2.24, 2.45) is 0 Å². The first-order valence-electron chi connectivity index (χ1n) is 7.17. The fourth-order valence-corrected chi connectivity index (χ4v) is 3.65. The molecule has 0 aliphatic carbocycles. The average Bonchev–Trinajstić information content (AvgIpc) is 2.97. The van der Waals surface area contributed by atoms with Gasteiger partial charge in [-0.1, -0.05) is 6.07 Å². The molecule has 0 spiro atoms. The second-order valence-electron chi connectivity index (χ2n) is 5.15. The number of benzene rings is 1. The summed E-state index contributed by atoms with van der Waals surface area (Å²) in [6.45, 7) is 0.526. The van der Waals surface area contributed by atoms with E-state index in [9.17, 15) is 23.1 Å². The molecule has 0 saturated heterocycles. The summed E-state index contributed by atoms with van der Waals surface area (Å²) in [4.78, 5) is 19.3. The second kappa shape index (κ2) is 9.84. The van der Waals surface area contributed by atoms with Gasteiger partial charge < -0.3 is 24.9 Å². The number of rotatable bonds is 6. The molecular weight excluding hydrogens is 375 g/mol. The zero-order valence-corrected chi connectivity index (χ0v) is 15.3. The molecule has 0 bridgehead atoms. The number of nitrogens with one attached hydrogen (secondary N) is 1. The third kappa shape index (κ3) is 8.42. The molecule has 1 aromatic heterocycles. The summed E-state index contributed by atoms with van der Waals surface area (Å²) in [7, 11) is -4.42. The Balaban J connectivity index is 0.000000705. The van der Waals surface area contributed by atoms with Gasteiger partial charge in [-0.05, 0) is 49.6 Å². The Labute approximate surface area is 148 Å². The number of anilines is 1. The van der Waals surface area contributed by atoms with E-state index in [4.69, 9.17) is 5.11 Å². The first-order valence-corrected chi connectivity index (χ1v) is 9.74. The van der Waals surface area contributed by atoms with Crippen molar-refractivity contribution in [3.63, 3.8) is 0 Å². The molecular formula is C15H20F2NO5PS. The lowest BCUT2D eigenvalue weighted by Crippen LogP contribution is -2.10. The van der Waals surface area contributed by atoms with Gasteiger partial charge in [0.25, 0.3) is 0 Å². The van der Waals surface area contributed by atoms with Gasteiger partial charge in [-0.15, -0.1) is 11.3 Å². The smallest absolute Gasteiger partial charge is 0.387 e. The summed E-state index contributed by atoms with van der Waals surface area (Å²) < 4.78 is 39.8. The Morgan fingerprint density at radius 3 is 2.12 bits per heavy atom. The summed E-state index contributed by atoms with van der Waals surface area (Å²) >= 11 is 1.21. The van der Waals surface area contributed by atoms with Crippen LogP contribution < -0.4 is 10.1 Å². The molecule has 4 N–H and O–H groups in total. The maximum atomic E-state index is 12.0. The number of halogens is 2. The van der Waals surface area contributed by atoms with Crippen LogP contribution in [0, 0.1) is 0 Å². The van der Waals surface area contributed by atoms with Crippen LogP contribution in [0.1, 0.15) is 24.5 Å². The summed E-state index contributed by atoms with van der Waals surface area (Å²) in [5, 5.41) is 12.5. The van der Waals surface area contributed by atoms with Crippen molar-refractivity contribution in [1.82, 2.24) is 0 Å². The van der Waals surface area contributed by atoms with Gasteiger partial charge in [0.15, 0.2) is 5.78 Å². The SMILES string of the molecule is CC(C)O.O=P(O)(O)C(Nc1ccc(OC(F)F)cc1)c1cccs1. The Hall–Kier alpha value is -1.51. The van der Waals surface area contributed by atoms with E-state index in [1.54, 1.807) is 31.4 Å². The number of aliphatic hydroxyl groups is 1. The molecule has 140 valence electrons. The van der Waals surface area contributed by atoms with Crippen molar-refractivity contribution < 1.29 is 33.0 Å². The van der Waals surface area contributed by atoms with Crippen LogP contribution in [0.2, 0.25) is 0 Å². The fourth-order valence-electron chi connectivity index (χ4n) is 1.66. The van der Waals surface area contributed by atoms with Crippen LogP contribution in [0.15, 0.2) is 41.8 Å². The van der Waals surface area contributed by atoms with Crippen molar-refractivity contribution in [3.8, 4) is 5.75 Å². The first-order chi connectivity index (χ1) is 11.6. The molecule has 0 amide bonds. The summed E-state index contributed by atoms with van der Waals surface area (Å²) in [5.74, 6) is -1.21. The highest BCUT2D eigenvalue weighted by Crippen LogP contribution is 2.52. The lowest BCUT2D eigenvalue weighted by Gasteiger charge is -2.20. The molecule has 0 radical (unpaired) electrons. The van der Waals surface area contributed by atoms with Gasteiger partial charge in [0.2, 0.25) is 0 Å². The molecule has 25 heavy (non-hydrogen) atoms. The van der Waals surface area contributed by atoms with Gasteiger partial charge in [0.05, 0.1) is 0 Å². The lowest BCUT2D eigenvalue weighted by atomic mass is 10.3. The summed E-state index contributed by atoms with van der Waals surface area (Å²) in [5.41, 5.74) is 0.387. The van der Waals surface area contributed by atoms with Crippen molar-refractivity contribution in [2.75, 3.05) is 5.32 Å². The van der Waals surface area contributed by atoms with Gasteiger partial charge in [0, 0.05) is 16.7 Å². The molecule has 0 fully saturated rings. The van der Waals surface area contributed by atoms with E-state index in [1.165, 1.54) is 35.6 Å². The zero-order chi connectivity index (χ0) is 19.0. The van der Waals surface area contributed by atoms with Gasteiger partial charge in [-0.3, -0.25) is 4.57 Å². The van der Waals surface area contributed by atoms with E-state index in [0.717, 1.165) is 0 Å². The molecule has 2 aromatic rings. The Kier molecular flexibility index (Phi) is 8.47. The third-order valence-corrected chi connectivity index (χ3v) is 4.72. The third-order valence-electron chi connectivity index (χ3n) is 2.53. The normalized spacial score (nSPS) is 12.5. The van der Waals surface area contributed by atoms with Crippen LogP contribution in [0.4, 0.5) is 14.5 Å². The Morgan fingerprint density at radius 1 is 1.16 bits per heavy atom. The molecule has 2 rings (SSSR count). The van der Waals surface area contributed by atoms with Crippen molar-refractivity contribution in [1.29, 1.82) is 0 Å². The number of alkyl halides is 2. The monoisotopic (exact) mass is 395 g/mol. The molecule has 0 aliphatic heterocycles. The minimum absolute atomic E-state index is 0.0283. The molecule has 6 nitrogen and oxygen atoms in total. The van der Waals surface area contributed by atoms with E-state index < -0.39 is 20.0 Å². The Morgan fingerprint density at radius 2 is 1.72 bits per heavy atom. The van der Waals surface area contributed by atoms with E-state index in [1.807, 2.05) is 0 Å². The number of thiophene rings is 1. The maximum Gasteiger partial charge on any atom is 0.387 e. The van der Waals surface area contributed by atoms with Crippen LogP contribution >= 0.6 is 18.9 Å². The minimum Gasteiger partial charge on any atom is -0.435 e. The maximum absolute atomic E-state index is 12.0. The number of ether oxygens (including phenoxy) is 1. The van der Waals surface area contributed by atoms with Crippen LogP contribution in [0.25, 0.3) is 0 Å². The van der Waals surface area contributed by atoms with E-state index in [-0.39, 0.29) is 11.9 Å². The van der Waals surface area contributed by atoms with Gasteiger partial charge in [-0.25, -0.2) is 0 Å². The van der Waals surface area contributed by atoms with E-state index in [0.29, 0.717) is 10.6 Å². The van der Waals surface area contributed by atoms with Crippen LogP contribution in [0.3, 0.4) is 0 Å². The highest BCUT2D eigenvalue weighted by Gasteiger charge is 2.31. The minimum atomic E-state index is -4.42. The predicted octanol–water partition coefficient (Wildman–Crippen LogP) is 4.03. The summed E-state index contributed by atoms with van der Waals surface area (Å²) in [6, 6.07) is 8.70. The molecule has 1 heterocycles. The van der Waals surface area contributed by atoms with Crippen molar-refractivity contribution >= 4 is 24.6 Å². The largest absolute Gasteiger partial charge is 0.435 e. The van der Waals surface area contributed by atoms with Crippen LogP contribution in [-0.4, -0.2) is 27.6 Å². The molecule has 10 heteroatoms. The molecule has 0 saturated carbocycles. The molecule has 1 atom stereocenters. The van der Waals surface area contributed by atoms with Crippen LogP contribution in [-0.2, 0) is 4.57 Å². The first kappa shape index (κ1) is 21.5. The zero-order valence-electron chi connectivity index (χ0n) is 13.5. The average molecular weight is 395 g/mol. The number of hydrogen-bond donors (Lipinski definition) is 4. The van der Waals surface area contributed by atoms with Gasteiger partial charge >= 0.3 is 14.2 Å². The standard InChI is InChI=1S/C12H12F2NO4PS.C3H8O/c13-12(14)19-9-5-3-8(4-6-9)15-11(20(16,17)18)10-2-1-7-21-10;1-3(2)4/h1-7,11-12,15H,(H2,16,17,18);3-4H,1-2H3. The van der Waals surface area contributed by atoms with Crippen LogP contribution in [0.5, 0.6) is 5.75 Å². The van der Waals surface area contributed by atoms with E-state index in [2.05, 4.69) is 10.1 Å². The molecule has 0 aliphatic rings. The molecule has 1 aromatic carbocycles. The molecule has 1 unspecified atom stereocenters. The summed E-state index contributed by atoms with van der Waals surface area (Å²) in [6.07, 6.45) is -0.167. The fraction of sp³-hybridized carbons (Fsp3) is 0.333. The topological polar surface area (TPSA) is 99.0 Å². The highest BCUT2D eigenvalue weighted by atomic mass is 32.1. The van der Waals surface area contributed by atoms with E-state index >= 15 is 0 Å². The van der Waals surface area contributed by atoms with Gasteiger partial charge in [-0.2, -0.15) is 8.78 Å². The highest BCUT2D eigenvalue weighted by molar-refractivity contribution is 7.52. The predicted molar refractivity (Wildman–Crippen MR) is 93.2 cm³/mol. The Bertz CT molecular complexity index is 658. The second-order valence-corrected chi connectivity index (χ2v) is 7.82. The lowest BCUT2D eigenvalue weighted by molar-refractivity contribution is -0.0498. The van der Waals surface area contributed by atoms with Crippen molar-refractivity contribution in [3.05, 3.63) is 46.7 Å². The number of hydrogen-bond acceptors (Lipinski definition) is 5. The quantitative estimate of drug-likeness (QED) is 0.552. The van der Waals surface area contributed by atoms with Crippen molar-refractivity contribution in [2.45, 2.75) is 32.3 Å². The van der Waals surface area contributed by atoms with Gasteiger partial charge in [0.1, 0.15) is 5.75 Å².